The number of nitrogens with one attached hydrogen (secondary N) is 1. The number of likely N-dealkylation sites (N-methyl/N-ethyl adjacent to an activating group) is 1. The van der Waals surface area contributed by atoms with Crippen molar-refractivity contribution in [2.45, 2.75) is 25.2 Å². The maximum atomic E-state index is 5.25. The molecule has 1 unspecified atom stereocenters. The minimum Gasteiger partial charge on any atom is -0.364 e. The molecule has 1 aromatic rings. The topological polar surface area (TPSA) is 41.3 Å². The highest BCUT2D eigenvalue weighted by Gasteiger charge is 2.24. The van der Waals surface area contributed by atoms with Crippen LogP contribution >= 0.6 is 0 Å². The van der Waals surface area contributed by atoms with Crippen LogP contribution in [0.1, 0.15) is 36.4 Å². The van der Waals surface area contributed by atoms with E-state index in [0.29, 0.717) is 5.92 Å². The monoisotopic (exact) mass is 247 g/mol. The fourth-order valence-electron chi connectivity index (χ4n) is 2.95. The van der Waals surface area contributed by atoms with E-state index in [1.54, 1.807) is 0 Å². The molecule has 0 aromatic carbocycles. The molecule has 3 heterocycles. The molecule has 0 saturated carbocycles. The zero-order valence-electron chi connectivity index (χ0n) is 11.0. The van der Waals surface area contributed by atoms with Crippen molar-refractivity contribution in [1.82, 2.24) is 15.4 Å². The van der Waals surface area contributed by atoms with Gasteiger partial charge in [-0.1, -0.05) is 11.2 Å². The maximum absolute atomic E-state index is 5.25. The summed E-state index contributed by atoms with van der Waals surface area (Å²) in [5, 5.41) is 7.72. The Balaban J connectivity index is 1.84. The van der Waals surface area contributed by atoms with Crippen molar-refractivity contribution < 1.29 is 4.52 Å². The molecule has 2 aliphatic rings. The highest BCUT2D eigenvalue weighted by atomic mass is 16.5. The Hall–Kier alpha value is -1.13. The molecule has 0 amide bonds. The van der Waals surface area contributed by atoms with Gasteiger partial charge in [0, 0.05) is 31.1 Å². The van der Waals surface area contributed by atoms with E-state index in [0.717, 1.165) is 38.3 Å². The number of nitrogens with zero attached hydrogens (tertiary/aromatic N) is 2. The molecule has 4 nitrogen and oxygen atoms in total. The Bertz CT molecular complexity index is 432. The normalized spacial score (nSPS) is 26.1. The van der Waals surface area contributed by atoms with Crippen molar-refractivity contribution in [3.8, 4) is 0 Å². The van der Waals surface area contributed by atoms with Gasteiger partial charge in [0.15, 0.2) is 0 Å². The molecule has 0 bridgehead atoms. The van der Waals surface area contributed by atoms with Gasteiger partial charge < -0.3 is 14.7 Å². The molecule has 1 atom stereocenters. The van der Waals surface area contributed by atoms with Crippen molar-refractivity contribution in [1.29, 1.82) is 0 Å². The molecule has 1 fully saturated rings. The highest BCUT2D eigenvalue weighted by Crippen LogP contribution is 2.30. The zero-order chi connectivity index (χ0) is 12.4. The summed E-state index contributed by atoms with van der Waals surface area (Å²) < 4.78 is 5.25. The van der Waals surface area contributed by atoms with Gasteiger partial charge in [-0.25, -0.2) is 0 Å². The Morgan fingerprint density at radius 1 is 1.50 bits per heavy atom. The second-order valence-corrected chi connectivity index (χ2v) is 5.41. The first-order valence-electron chi connectivity index (χ1n) is 6.87. The largest absolute Gasteiger partial charge is 0.364 e. The quantitative estimate of drug-likeness (QED) is 0.866. The van der Waals surface area contributed by atoms with Gasteiger partial charge >= 0.3 is 0 Å². The molecular formula is C14H21N3O. The fourth-order valence-corrected chi connectivity index (χ4v) is 2.95. The number of aromatic nitrogens is 1. The predicted molar refractivity (Wildman–Crippen MR) is 71.4 cm³/mol. The first kappa shape index (κ1) is 11.9. The van der Waals surface area contributed by atoms with Gasteiger partial charge in [-0.3, -0.25) is 0 Å². The fraction of sp³-hybridized carbons (Fsp3) is 0.643. The highest BCUT2D eigenvalue weighted by molar-refractivity contribution is 5.69. The second kappa shape index (κ2) is 5.24. The lowest BCUT2D eigenvalue weighted by Crippen LogP contribution is -2.29. The summed E-state index contributed by atoms with van der Waals surface area (Å²) in [6, 6.07) is 0. The average Bonchev–Trinajstić information content (AvgIpc) is 2.89. The molecule has 18 heavy (non-hydrogen) atoms. The maximum Gasteiger partial charge on any atom is 0.131 e. The van der Waals surface area contributed by atoms with Gasteiger partial charge in [0.2, 0.25) is 0 Å². The standard InChI is InChI=1S/C14H21N3O/c1-17-7-3-5-12(9-17)13-10-18-16-14(13)11-4-2-6-15-8-11/h5,10-11,15H,2-4,6-9H2,1H3. The van der Waals surface area contributed by atoms with Crippen LogP contribution in [0.4, 0.5) is 0 Å². The number of piperidine rings is 1. The van der Waals surface area contributed by atoms with E-state index in [1.165, 1.54) is 24.0 Å². The predicted octanol–water partition coefficient (Wildman–Crippen LogP) is 1.86. The molecule has 2 aliphatic heterocycles. The van der Waals surface area contributed by atoms with E-state index in [2.05, 4.69) is 28.5 Å². The molecule has 0 radical (unpaired) electrons. The third-order valence-electron chi connectivity index (χ3n) is 3.97. The van der Waals surface area contributed by atoms with Crippen LogP contribution in [0, 0.1) is 0 Å². The van der Waals surface area contributed by atoms with Gasteiger partial charge in [-0.15, -0.1) is 0 Å². The summed E-state index contributed by atoms with van der Waals surface area (Å²) in [4.78, 5) is 2.35. The summed E-state index contributed by atoms with van der Waals surface area (Å²) in [6.45, 7) is 4.32. The summed E-state index contributed by atoms with van der Waals surface area (Å²) >= 11 is 0. The third-order valence-corrected chi connectivity index (χ3v) is 3.97. The molecule has 0 aliphatic carbocycles. The van der Waals surface area contributed by atoms with Crippen molar-refractivity contribution in [2.75, 3.05) is 33.2 Å². The van der Waals surface area contributed by atoms with Crippen LogP contribution in [0.2, 0.25) is 0 Å². The minimum absolute atomic E-state index is 0.514. The van der Waals surface area contributed by atoms with Crippen molar-refractivity contribution in [2.24, 2.45) is 0 Å². The minimum atomic E-state index is 0.514. The van der Waals surface area contributed by atoms with Crippen LogP contribution in [-0.2, 0) is 0 Å². The molecule has 1 saturated heterocycles. The Morgan fingerprint density at radius 2 is 2.44 bits per heavy atom. The van der Waals surface area contributed by atoms with Crippen LogP contribution in [0.15, 0.2) is 16.9 Å². The molecule has 0 spiro atoms. The Kier molecular flexibility index (Phi) is 3.48. The van der Waals surface area contributed by atoms with Crippen molar-refractivity contribution >= 4 is 5.57 Å². The molecule has 1 N–H and O–H groups in total. The Morgan fingerprint density at radius 3 is 3.22 bits per heavy atom. The van der Waals surface area contributed by atoms with Gasteiger partial charge in [-0.2, -0.15) is 0 Å². The molecule has 3 rings (SSSR count). The van der Waals surface area contributed by atoms with Crippen LogP contribution in [-0.4, -0.2) is 43.3 Å². The third kappa shape index (κ3) is 2.35. The molecule has 98 valence electrons. The van der Waals surface area contributed by atoms with Crippen LogP contribution < -0.4 is 5.32 Å². The van der Waals surface area contributed by atoms with E-state index in [-0.39, 0.29) is 0 Å². The van der Waals surface area contributed by atoms with E-state index in [9.17, 15) is 0 Å². The average molecular weight is 247 g/mol. The summed E-state index contributed by atoms with van der Waals surface area (Å²) in [5.74, 6) is 0.514. The molecule has 1 aromatic heterocycles. The first-order valence-corrected chi connectivity index (χ1v) is 6.87. The summed E-state index contributed by atoms with van der Waals surface area (Å²) in [6.07, 6.45) is 7.74. The number of hydrogen-bond donors (Lipinski definition) is 1. The zero-order valence-corrected chi connectivity index (χ0v) is 11.0. The van der Waals surface area contributed by atoms with E-state index >= 15 is 0 Å². The smallest absolute Gasteiger partial charge is 0.131 e. The first-order chi connectivity index (χ1) is 8.84. The van der Waals surface area contributed by atoms with Gasteiger partial charge in [0.1, 0.15) is 6.26 Å². The van der Waals surface area contributed by atoms with E-state index in [4.69, 9.17) is 4.52 Å². The lowest BCUT2D eigenvalue weighted by atomic mass is 9.90. The van der Waals surface area contributed by atoms with Crippen LogP contribution in [0.5, 0.6) is 0 Å². The van der Waals surface area contributed by atoms with Crippen LogP contribution in [0.25, 0.3) is 5.57 Å². The van der Waals surface area contributed by atoms with Crippen molar-refractivity contribution in [3.63, 3.8) is 0 Å². The van der Waals surface area contributed by atoms with Crippen molar-refractivity contribution in [3.05, 3.63) is 23.6 Å². The lowest BCUT2D eigenvalue weighted by molar-refractivity contribution is 0.372. The van der Waals surface area contributed by atoms with Gasteiger partial charge in [0.05, 0.1) is 5.69 Å². The SMILES string of the molecule is CN1CCC=C(c2conc2C2CCCNC2)C1. The molecular weight excluding hydrogens is 226 g/mol. The number of hydrogen-bond acceptors (Lipinski definition) is 4. The van der Waals surface area contributed by atoms with Crippen LogP contribution in [0.3, 0.4) is 0 Å². The summed E-state index contributed by atoms with van der Waals surface area (Å²) in [7, 11) is 2.17. The van der Waals surface area contributed by atoms with Gasteiger partial charge in [0.25, 0.3) is 0 Å². The number of rotatable bonds is 2. The Labute approximate surface area is 108 Å². The van der Waals surface area contributed by atoms with Gasteiger partial charge in [-0.05, 0) is 38.4 Å². The second-order valence-electron chi connectivity index (χ2n) is 5.41. The van der Waals surface area contributed by atoms with E-state index in [1.807, 2.05) is 6.26 Å². The lowest BCUT2D eigenvalue weighted by Gasteiger charge is -2.25. The van der Waals surface area contributed by atoms with E-state index < -0.39 is 0 Å². The summed E-state index contributed by atoms with van der Waals surface area (Å²) in [5.41, 5.74) is 3.77. The molecule has 4 heteroatoms.